The zero-order chi connectivity index (χ0) is 24.6. The summed E-state index contributed by atoms with van der Waals surface area (Å²) in [5.74, 6) is -1.54. The van der Waals surface area contributed by atoms with Gasteiger partial charge >= 0.3 is 5.97 Å². The van der Waals surface area contributed by atoms with Crippen molar-refractivity contribution in [2.45, 2.75) is 48.9 Å². The molecule has 8 nitrogen and oxygen atoms in total. The van der Waals surface area contributed by atoms with Gasteiger partial charge in [0.05, 0.1) is 21.4 Å². The third-order valence-corrected chi connectivity index (χ3v) is 7.85. The summed E-state index contributed by atoms with van der Waals surface area (Å²) in [4.78, 5) is 12.1. The number of carbonyl (C=O) groups is 1. The van der Waals surface area contributed by atoms with Gasteiger partial charge in [0.1, 0.15) is 11.9 Å². The number of hydrogen-bond acceptors (Lipinski definition) is 6. The van der Waals surface area contributed by atoms with Gasteiger partial charge in [0.2, 0.25) is 20.0 Å². The van der Waals surface area contributed by atoms with Gasteiger partial charge in [-0.05, 0) is 63.4 Å². The minimum Gasteiger partial charge on any atom is -0.465 e. The maximum atomic E-state index is 13.4. The van der Waals surface area contributed by atoms with Crippen molar-refractivity contribution < 1.29 is 30.8 Å². The first-order chi connectivity index (χ1) is 15.5. The number of halogens is 2. The summed E-state index contributed by atoms with van der Waals surface area (Å²) < 4.78 is 72.9. The van der Waals surface area contributed by atoms with Crippen LogP contribution in [-0.4, -0.2) is 42.0 Å². The van der Waals surface area contributed by atoms with E-state index in [2.05, 4.69) is 9.44 Å². The molecular formula is C21H26ClFN2O6S2. The molecule has 0 bridgehead atoms. The molecule has 0 saturated heterocycles. The highest BCUT2D eigenvalue weighted by molar-refractivity contribution is 7.89. The highest BCUT2D eigenvalue weighted by Crippen LogP contribution is 2.20. The highest BCUT2D eigenvalue weighted by atomic mass is 35.5. The van der Waals surface area contributed by atoms with Crippen LogP contribution < -0.4 is 9.44 Å². The van der Waals surface area contributed by atoms with Crippen molar-refractivity contribution in [1.29, 1.82) is 0 Å². The van der Waals surface area contributed by atoms with E-state index in [1.54, 1.807) is 19.1 Å². The molecule has 0 saturated carbocycles. The Hall–Kier alpha value is -2.05. The van der Waals surface area contributed by atoms with Gasteiger partial charge in [0.15, 0.2) is 0 Å². The number of benzene rings is 2. The Kier molecular flexibility index (Phi) is 9.80. The smallest absolute Gasteiger partial charge is 0.324 e. The SMILES string of the molecule is CCOC(=O)[C@H](CCCCNS(=O)(=O)c1ccc(C)cc1)NS(=O)(=O)c1ccc(F)c(Cl)c1. The van der Waals surface area contributed by atoms with E-state index in [0.29, 0.717) is 12.8 Å². The predicted octanol–water partition coefficient (Wildman–Crippen LogP) is 3.15. The lowest BCUT2D eigenvalue weighted by Gasteiger charge is -2.17. The van der Waals surface area contributed by atoms with Gasteiger partial charge in [-0.3, -0.25) is 4.79 Å². The maximum Gasteiger partial charge on any atom is 0.324 e. The number of nitrogens with one attached hydrogen (secondary N) is 2. The van der Waals surface area contributed by atoms with Gasteiger partial charge in [0.25, 0.3) is 0 Å². The molecular weight excluding hydrogens is 495 g/mol. The minimum absolute atomic E-state index is 0.0514. The molecule has 0 fully saturated rings. The molecule has 2 N–H and O–H groups in total. The summed E-state index contributed by atoms with van der Waals surface area (Å²) in [5.41, 5.74) is 0.935. The highest BCUT2D eigenvalue weighted by Gasteiger charge is 2.27. The van der Waals surface area contributed by atoms with Crippen LogP contribution in [0.4, 0.5) is 4.39 Å². The lowest BCUT2D eigenvalue weighted by molar-refractivity contribution is -0.145. The van der Waals surface area contributed by atoms with Crippen LogP contribution in [0.1, 0.15) is 31.7 Å². The van der Waals surface area contributed by atoms with Gasteiger partial charge in [-0.15, -0.1) is 0 Å². The normalized spacial score (nSPS) is 13.0. The Balaban J connectivity index is 1.97. The fraction of sp³-hybridized carbons (Fsp3) is 0.381. The van der Waals surface area contributed by atoms with E-state index < -0.39 is 37.9 Å². The van der Waals surface area contributed by atoms with E-state index in [1.165, 1.54) is 12.1 Å². The molecule has 0 heterocycles. The summed E-state index contributed by atoms with van der Waals surface area (Å²) >= 11 is 5.66. The van der Waals surface area contributed by atoms with Crippen molar-refractivity contribution >= 4 is 37.6 Å². The van der Waals surface area contributed by atoms with Gasteiger partial charge in [-0.1, -0.05) is 29.3 Å². The number of carbonyl (C=O) groups excluding carboxylic acids is 1. The number of aryl methyl sites for hydroxylation is 1. The molecule has 2 aromatic rings. The first kappa shape index (κ1) is 27.2. The Morgan fingerprint density at radius 3 is 2.27 bits per heavy atom. The van der Waals surface area contributed by atoms with E-state index in [9.17, 15) is 26.0 Å². The molecule has 1 atom stereocenters. The molecule has 2 aromatic carbocycles. The topological polar surface area (TPSA) is 119 Å². The Labute approximate surface area is 198 Å². The van der Waals surface area contributed by atoms with Crippen LogP contribution in [0.25, 0.3) is 0 Å². The molecule has 0 aliphatic rings. The third-order valence-electron chi connectivity index (χ3n) is 4.61. The maximum absolute atomic E-state index is 13.4. The van der Waals surface area contributed by atoms with Crippen molar-refractivity contribution in [2.75, 3.05) is 13.2 Å². The van der Waals surface area contributed by atoms with Crippen LogP contribution in [0, 0.1) is 12.7 Å². The predicted molar refractivity (Wildman–Crippen MR) is 122 cm³/mol. The van der Waals surface area contributed by atoms with Crippen LogP contribution in [0.5, 0.6) is 0 Å². The van der Waals surface area contributed by atoms with Gasteiger partial charge < -0.3 is 4.74 Å². The lowest BCUT2D eigenvalue weighted by atomic mass is 10.1. The lowest BCUT2D eigenvalue weighted by Crippen LogP contribution is -2.42. The molecule has 182 valence electrons. The van der Waals surface area contributed by atoms with Crippen LogP contribution >= 0.6 is 11.6 Å². The van der Waals surface area contributed by atoms with E-state index in [1.807, 2.05) is 6.92 Å². The molecule has 0 aromatic heterocycles. The second-order valence-electron chi connectivity index (χ2n) is 7.21. The molecule has 12 heteroatoms. The second-order valence-corrected chi connectivity index (χ2v) is 11.1. The Morgan fingerprint density at radius 1 is 1.03 bits per heavy atom. The zero-order valence-electron chi connectivity index (χ0n) is 18.2. The molecule has 0 spiro atoms. The summed E-state index contributed by atoms with van der Waals surface area (Å²) in [7, 11) is -7.85. The van der Waals surface area contributed by atoms with Crippen molar-refractivity contribution in [2.24, 2.45) is 0 Å². The average molecular weight is 521 g/mol. The van der Waals surface area contributed by atoms with Crippen LogP contribution in [0.3, 0.4) is 0 Å². The monoisotopic (exact) mass is 520 g/mol. The molecule has 0 aliphatic carbocycles. The van der Waals surface area contributed by atoms with Crippen molar-refractivity contribution in [1.82, 2.24) is 9.44 Å². The average Bonchev–Trinajstić information content (AvgIpc) is 2.74. The quantitative estimate of drug-likeness (QED) is 0.328. The summed E-state index contributed by atoms with van der Waals surface area (Å²) in [5, 5.41) is -0.369. The number of esters is 1. The fourth-order valence-corrected chi connectivity index (χ4v) is 5.41. The van der Waals surface area contributed by atoms with E-state index >= 15 is 0 Å². The van der Waals surface area contributed by atoms with Crippen LogP contribution in [-0.2, 0) is 29.6 Å². The van der Waals surface area contributed by atoms with Crippen LogP contribution in [0.15, 0.2) is 52.3 Å². The standard InChI is InChI=1S/C21H26ClFN2O6S2/c1-3-31-21(26)20(25-33(29,30)17-11-12-19(23)18(22)14-17)6-4-5-13-24-32(27,28)16-9-7-15(2)8-10-16/h7-12,14,20,24-25H,3-6,13H2,1-2H3/t20-/m0/s1. The Bertz CT molecular complexity index is 1170. The van der Waals surface area contributed by atoms with Gasteiger partial charge in [0, 0.05) is 6.54 Å². The largest absolute Gasteiger partial charge is 0.465 e. The molecule has 33 heavy (non-hydrogen) atoms. The molecule has 2 rings (SSSR count). The minimum atomic E-state index is -4.18. The molecule has 0 aliphatic heterocycles. The van der Waals surface area contributed by atoms with Crippen molar-refractivity contribution in [3.63, 3.8) is 0 Å². The van der Waals surface area contributed by atoms with E-state index in [4.69, 9.17) is 16.3 Å². The van der Waals surface area contributed by atoms with Gasteiger partial charge in [-0.2, -0.15) is 4.72 Å². The zero-order valence-corrected chi connectivity index (χ0v) is 20.6. The fourth-order valence-electron chi connectivity index (χ4n) is 2.85. The third kappa shape index (κ3) is 8.04. The number of unbranched alkanes of at least 4 members (excludes halogenated alkanes) is 1. The molecule has 0 unspecified atom stereocenters. The van der Waals surface area contributed by atoms with Crippen molar-refractivity contribution in [3.05, 3.63) is 58.9 Å². The molecule has 0 amide bonds. The number of sulfonamides is 2. The summed E-state index contributed by atoms with van der Waals surface area (Å²) in [6.45, 7) is 3.59. The summed E-state index contributed by atoms with van der Waals surface area (Å²) in [6.07, 6.45) is 0.747. The summed E-state index contributed by atoms with van der Waals surface area (Å²) in [6, 6.07) is 8.09. The van der Waals surface area contributed by atoms with Crippen molar-refractivity contribution in [3.8, 4) is 0 Å². The van der Waals surface area contributed by atoms with Gasteiger partial charge in [-0.25, -0.2) is 25.9 Å². The second kappa shape index (κ2) is 11.9. The molecule has 0 radical (unpaired) electrons. The Morgan fingerprint density at radius 2 is 1.67 bits per heavy atom. The number of rotatable bonds is 12. The van der Waals surface area contributed by atoms with E-state index in [0.717, 1.165) is 23.8 Å². The van der Waals surface area contributed by atoms with E-state index in [-0.39, 0.29) is 34.4 Å². The number of hydrogen-bond donors (Lipinski definition) is 2. The number of ether oxygens (including phenoxy) is 1. The first-order valence-corrected chi connectivity index (χ1v) is 13.5. The van der Waals surface area contributed by atoms with Crippen LogP contribution in [0.2, 0.25) is 5.02 Å². The first-order valence-electron chi connectivity index (χ1n) is 10.2.